The van der Waals surface area contributed by atoms with Crippen molar-refractivity contribution in [2.45, 2.75) is 26.4 Å². The summed E-state index contributed by atoms with van der Waals surface area (Å²) >= 11 is 10.9. The van der Waals surface area contributed by atoms with E-state index in [1.54, 1.807) is 24.3 Å². The van der Waals surface area contributed by atoms with Crippen molar-refractivity contribution in [3.05, 3.63) is 58.6 Å². The van der Waals surface area contributed by atoms with E-state index in [0.717, 1.165) is 24.6 Å². The van der Waals surface area contributed by atoms with E-state index in [1.165, 1.54) is 0 Å². The molecule has 0 radical (unpaired) electrons. The molecule has 29 heavy (non-hydrogen) atoms. The van der Waals surface area contributed by atoms with Crippen LogP contribution in [0.25, 0.3) is 0 Å². The minimum absolute atomic E-state index is 0.0372. The van der Waals surface area contributed by atoms with Crippen molar-refractivity contribution in [2.75, 3.05) is 11.9 Å². The van der Waals surface area contributed by atoms with Crippen molar-refractivity contribution in [2.24, 2.45) is 5.92 Å². The molecule has 0 aromatic heterocycles. The smallest absolute Gasteiger partial charge is 0.416 e. The van der Waals surface area contributed by atoms with Gasteiger partial charge in [-0.2, -0.15) is 13.2 Å². The molecule has 2 rings (SSSR count). The summed E-state index contributed by atoms with van der Waals surface area (Å²) < 4.78 is 44.2. The Hall–Kier alpha value is -2.32. The Morgan fingerprint density at radius 1 is 1.21 bits per heavy atom. The molecule has 4 nitrogen and oxygen atoms in total. The van der Waals surface area contributed by atoms with Gasteiger partial charge in [0.05, 0.1) is 22.9 Å². The van der Waals surface area contributed by atoms with Crippen LogP contribution in [0, 0.1) is 5.92 Å². The third-order valence-electron chi connectivity index (χ3n) is 3.83. The van der Waals surface area contributed by atoms with Gasteiger partial charge in [0, 0.05) is 5.56 Å². The average Bonchev–Trinajstić information content (AvgIpc) is 2.62. The van der Waals surface area contributed by atoms with Crippen LogP contribution in [0.15, 0.2) is 42.5 Å². The third-order valence-corrected chi connectivity index (χ3v) is 4.36. The zero-order valence-corrected chi connectivity index (χ0v) is 17.3. The van der Waals surface area contributed by atoms with E-state index in [4.69, 9.17) is 28.6 Å². The number of ether oxygens (including phenoxy) is 1. The van der Waals surface area contributed by atoms with Gasteiger partial charge in [-0.1, -0.05) is 31.5 Å². The number of thiocarbonyl (C=S) groups is 1. The lowest BCUT2D eigenvalue weighted by atomic mass is 10.1. The van der Waals surface area contributed by atoms with Crippen LogP contribution in [0.1, 0.15) is 36.2 Å². The van der Waals surface area contributed by atoms with Gasteiger partial charge in [0.2, 0.25) is 0 Å². The zero-order chi connectivity index (χ0) is 21.6. The fourth-order valence-corrected chi connectivity index (χ4v) is 2.63. The third kappa shape index (κ3) is 7.21. The van der Waals surface area contributed by atoms with Crippen molar-refractivity contribution in [3.8, 4) is 5.75 Å². The molecule has 0 fully saturated rings. The van der Waals surface area contributed by atoms with Crippen LogP contribution in [0.2, 0.25) is 5.02 Å². The summed E-state index contributed by atoms with van der Waals surface area (Å²) in [7, 11) is 0. The molecule has 0 spiro atoms. The number of rotatable bonds is 6. The van der Waals surface area contributed by atoms with Crippen molar-refractivity contribution < 1.29 is 22.7 Å². The van der Waals surface area contributed by atoms with Crippen LogP contribution in [-0.4, -0.2) is 17.6 Å². The normalized spacial score (nSPS) is 11.3. The highest BCUT2D eigenvalue weighted by Gasteiger charge is 2.31. The van der Waals surface area contributed by atoms with E-state index in [1.807, 2.05) is 0 Å². The number of halogens is 4. The van der Waals surface area contributed by atoms with Gasteiger partial charge in [0.25, 0.3) is 5.91 Å². The Morgan fingerprint density at radius 2 is 1.93 bits per heavy atom. The maximum Gasteiger partial charge on any atom is 0.416 e. The summed E-state index contributed by atoms with van der Waals surface area (Å²) in [6.45, 7) is 4.69. The Balaban J connectivity index is 2.02. The van der Waals surface area contributed by atoms with E-state index >= 15 is 0 Å². The first-order chi connectivity index (χ1) is 13.6. The van der Waals surface area contributed by atoms with Gasteiger partial charge >= 0.3 is 6.18 Å². The summed E-state index contributed by atoms with van der Waals surface area (Å²) in [6, 6.07) is 9.33. The van der Waals surface area contributed by atoms with E-state index in [0.29, 0.717) is 23.8 Å². The molecule has 2 N–H and O–H groups in total. The lowest BCUT2D eigenvalue weighted by Gasteiger charge is -2.14. The molecule has 0 heterocycles. The van der Waals surface area contributed by atoms with Crippen LogP contribution in [0.5, 0.6) is 5.75 Å². The predicted molar refractivity (Wildman–Crippen MR) is 112 cm³/mol. The van der Waals surface area contributed by atoms with Crippen molar-refractivity contribution in [1.82, 2.24) is 5.32 Å². The molecule has 0 aliphatic heterocycles. The molecule has 0 aliphatic carbocycles. The number of nitrogens with one attached hydrogen (secondary N) is 2. The minimum atomic E-state index is -4.53. The van der Waals surface area contributed by atoms with E-state index in [-0.39, 0.29) is 15.8 Å². The van der Waals surface area contributed by atoms with Gasteiger partial charge in [-0.05, 0) is 61.0 Å². The molecule has 2 aromatic carbocycles. The maximum absolute atomic E-state index is 12.9. The van der Waals surface area contributed by atoms with Crippen molar-refractivity contribution in [3.63, 3.8) is 0 Å². The first kappa shape index (κ1) is 23.0. The lowest BCUT2D eigenvalue weighted by Crippen LogP contribution is -2.34. The first-order valence-corrected chi connectivity index (χ1v) is 9.57. The molecule has 0 bridgehead atoms. The van der Waals surface area contributed by atoms with Crippen LogP contribution in [-0.2, 0) is 6.18 Å². The number of carbonyl (C=O) groups is 1. The molecular weight excluding hydrogens is 425 g/mol. The molecule has 0 saturated heterocycles. The number of hydrogen-bond donors (Lipinski definition) is 2. The van der Waals surface area contributed by atoms with Gasteiger partial charge in [0.15, 0.2) is 5.11 Å². The van der Waals surface area contributed by atoms with Gasteiger partial charge in [-0.25, -0.2) is 0 Å². The summed E-state index contributed by atoms with van der Waals surface area (Å²) in [6.07, 6.45) is -3.65. The van der Waals surface area contributed by atoms with Crippen LogP contribution in [0.4, 0.5) is 18.9 Å². The molecular formula is C20H20ClF3N2O2S. The van der Waals surface area contributed by atoms with Gasteiger partial charge in [0.1, 0.15) is 5.75 Å². The minimum Gasteiger partial charge on any atom is -0.494 e. The Kier molecular flexibility index (Phi) is 7.87. The van der Waals surface area contributed by atoms with Gasteiger partial charge in [-0.3, -0.25) is 10.1 Å². The SMILES string of the molecule is CC(C)CCOc1cccc(C(=O)NC(=S)Nc2cc(C(F)(F)F)ccc2Cl)c1. The summed E-state index contributed by atoms with van der Waals surface area (Å²) in [5.41, 5.74) is -0.645. The van der Waals surface area contributed by atoms with Crippen molar-refractivity contribution in [1.29, 1.82) is 0 Å². The number of hydrogen-bond acceptors (Lipinski definition) is 3. The van der Waals surface area contributed by atoms with Gasteiger partial charge in [-0.15, -0.1) is 0 Å². The molecule has 9 heteroatoms. The standard InChI is InChI=1S/C20H20ClF3N2O2S/c1-12(2)8-9-28-15-5-3-4-13(10-15)18(27)26-19(29)25-17-11-14(20(22,23)24)6-7-16(17)21/h3-7,10-12H,8-9H2,1-2H3,(H2,25,26,27,29). The second-order valence-electron chi connectivity index (χ2n) is 6.66. The molecule has 0 aliphatic rings. The number of anilines is 1. The lowest BCUT2D eigenvalue weighted by molar-refractivity contribution is -0.137. The molecule has 1 amide bonds. The summed E-state index contributed by atoms with van der Waals surface area (Å²) in [5, 5.41) is 4.80. The van der Waals surface area contributed by atoms with E-state index in [9.17, 15) is 18.0 Å². The highest BCUT2D eigenvalue weighted by molar-refractivity contribution is 7.80. The highest BCUT2D eigenvalue weighted by atomic mass is 35.5. The monoisotopic (exact) mass is 444 g/mol. The number of amides is 1. The second kappa shape index (κ2) is 9.93. The Labute approximate surface area is 177 Å². The average molecular weight is 445 g/mol. The highest BCUT2D eigenvalue weighted by Crippen LogP contribution is 2.33. The van der Waals surface area contributed by atoms with E-state index < -0.39 is 17.6 Å². The molecule has 0 atom stereocenters. The fraction of sp³-hybridized carbons (Fsp3) is 0.300. The molecule has 0 unspecified atom stereocenters. The fourth-order valence-electron chi connectivity index (χ4n) is 2.27. The largest absolute Gasteiger partial charge is 0.494 e. The molecule has 156 valence electrons. The summed E-state index contributed by atoms with van der Waals surface area (Å²) in [5.74, 6) is 0.505. The van der Waals surface area contributed by atoms with Crippen LogP contribution in [0.3, 0.4) is 0 Å². The predicted octanol–water partition coefficient (Wildman–Crippen LogP) is 5.91. The van der Waals surface area contributed by atoms with Gasteiger partial charge < -0.3 is 10.1 Å². The maximum atomic E-state index is 12.9. The summed E-state index contributed by atoms with van der Waals surface area (Å²) in [4.78, 5) is 12.4. The number of carbonyl (C=O) groups excluding carboxylic acids is 1. The van der Waals surface area contributed by atoms with Crippen LogP contribution >= 0.6 is 23.8 Å². The molecule has 2 aromatic rings. The zero-order valence-electron chi connectivity index (χ0n) is 15.8. The number of alkyl halides is 3. The molecule has 0 saturated carbocycles. The van der Waals surface area contributed by atoms with E-state index in [2.05, 4.69) is 24.5 Å². The number of benzene rings is 2. The topological polar surface area (TPSA) is 50.4 Å². The quantitative estimate of drug-likeness (QED) is 0.544. The Morgan fingerprint density at radius 3 is 2.59 bits per heavy atom. The second-order valence-corrected chi connectivity index (χ2v) is 7.47. The first-order valence-electron chi connectivity index (χ1n) is 8.78. The van der Waals surface area contributed by atoms with Crippen molar-refractivity contribution >= 4 is 40.5 Å². The van der Waals surface area contributed by atoms with Crippen LogP contribution < -0.4 is 15.4 Å². The Bertz CT molecular complexity index is 888.